The van der Waals surface area contributed by atoms with Crippen LogP contribution in [-0.2, 0) is 0 Å². The van der Waals surface area contributed by atoms with Crippen molar-refractivity contribution >= 4 is 0 Å². The molecule has 0 saturated carbocycles. The van der Waals surface area contributed by atoms with Gasteiger partial charge in [-0.25, -0.2) is 0 Å². The summed E-state index contributed by atoms with van der Waals surface area (Å²) in [7, 11) is 0. The third kappa shape index (κ3) is 5.06. The summed E-state index contributed by atoms with van der Waals surface area (Å²) in [5.41, 5.74) is 0. The molecule has 0 atom stereocenters. The number of aliphatic hydroxyl groups is 2. The highest BCUT2D eigenvalue weighted by molar-refractivity contribution is 5.15. The van der Waals surface area contributed by atoms with Crippen LogP contribution in [0.5, 0.6) is 5.75 Å². The second-order valence-electron chi connectivity index (χ2n) is 3.33. The lowest BCUT2D eigenvalue weighted by Gasteiger charge is -2.19. The van der Waals surface area contributed by atoms with E-state index in [4.69, 9.17) is 14.9 Å². The molecule has 0 aliphatic carbocycles. The molecule has 0 amide bonds. The van der Waals surface area contributed by atoms with Crippen LogP contribution in [0.3, 0.4) is 0 Å². The highest BCUT2D eigenvalue weighted by Gasteiger charge is 2.03. The Bertz CT molecular complexity index is 263. The third-order valence-electron chi connectivity index (χ3n) is 2.14. The van der Waals surface area contributed by atoms with Crippen molar-refractivity contribution < 1.29 is 14.9 Å². The Hall–Kier alpha value is -1.17. The van der Waals surface area contributed by atoms with E-state index >= 15 is 0 Å². The number of nitrogens with zero attached hydrogens (tertiary/aromatic N) is 2. The van der Waals surface area contributed by atoms with Gasteiger partial charge in [-0.1, -0.05) is 0 Å². The van der Waals surface area contributed by atoms with Gasteiger partial charge in [-0.05, 0) is 12.1 Å². The minimum Gasteiger partial charge on any atom is -0.491 e. The topological polar surface area (TPSA) is 65.8 Å². The fraction of sp³-hybridized carbons (Fsp3) is 0.545. The van der Waals surface area contributed by atoms with Gasteiger partial charge in [0.15, 0.2) is 0 Å². The largest absolute Gasteiger partial charge is 0.491 e. The first kappa shape index (κ1) is 12.9. The molecule has 1 aromatic rings. The summed E-state index contributed by atoms with van der Waals surface area (Å²) < 4.78 is 5.46. The predicted octanol–water partition coefficient (Wildman–Crippen LogP) is -0.253. The molecule has 0 saturated heterocycles. The van der Waals surface area contributed by atoms with Crippen molar-refractivity contribution in [2.24, 2.45) is 0 Å². The molecule has 5 heteroatoms. The lowest BCUT2D eigenvalue weighted by atomic mass is 10.4. The van der Waals surface area contributed by atoms with Gasteiger partial charge in [-0.15, -0.1) is 0 Å². The average Bonchev–Trinajstić information content (AvgIpc) is 2.31. The maximum atomic E-state index is 8.81. The lowest BCUT2D eigenvalue weighted by molar-refractivity contribution is 0.141. The fourth-order valence-corrected chi connectivity index (χ4v) is 1.34. The van der Waals surface area contributed by atoms with Gasteiger partial charge in [0, 0.05) is 25.8 Å². The van der Waals surface area contributed by atoms with Crippen molar-refractivity contribution in [3.63, 3.8) is 0 Å². The van der Waals surface area contributed by atoms with Crippen LogP contribution in [0.4, 0.5) is 0 Å². The first-order valence-corrected chi connectivity index (χ1v) is 5.33. The summed E-state index contributed by atoms with van der Waals surface area (Å²) in [6.45, 7) is 2.48. The number of pyridine rings is 1. The Morgan fingerprint density at radius 1 is 1.19 bits per heavy atom. The molecule has 1 heterocycles. The van der Waals surface area contributed by atoms with Crippen LogP contribution in [0.1, 0.15) is 0 Å². The van der Waals surface area contributed by atoms with Gasteiger partial charge in [-0.3, -0.25) is 9.88 Å². The van der Waals surface area contributed by atoms with E-state index in [1.807, 2.05) is 17.0 Å². The zero-order chi connectivity index (χ0) is 11.6. The molecule has 0 fully saturated rings. The molecular weight excluding hydrogens is 208 g/mol. The molecule has 90 valence electrons. The summed E-state index contributed by atoms with van der Waals surface area (Å²) in [4.78, 5) is 5.88. The number of ether oxygens (including phenoxy) is 1. The molecule has 2 N–H and O–H groups in total. The minimum atomic E-state index is 0.0902. The van der Waals surface area contributed by atoms with Crippen molar-refractivity contribution in [3.8, 4) is 5.75 Å². The number of aromatic nitrogens is 1. The highest BCUT2D eigenvalue weighted by atomic mass is 16.5. The summed E-state index contributed by atoms with van der Waals surface area (Å²) >= 11 is 0. The zero-order valence-corrected chi connectivity index (χ0v) is 9.25. The fourth-order valence-electron chi connectivity index (χ4n) is 1.34. The molecule has 0 aliphatic rings. The highest BCUT2D eigenvalue weighted by Crippen LogP contribution is 2.05. The quantitative estimate of drug-likeness (QED) is 0.639. The second-order valence-corrected chi connectivity index (χ2v) is 3.33. The first-order valence-electron chi connectivity index (χ1n) is 5.33. The molecule has 0 unspecified atom stereocenters. The Labute approximate surface area is 95.3 Å². The van der Waals surface area contributed by atoms with E-state index in [2.05, 4.69) is 4.98 Å². The molecule has 0 spiro atoms. The Balaban J connectivity index is 2.22. The van der Waals surface area contributed by atoms with Crippen molar-refractivity contribution in [1.29, 1.82) is 0 Å². The predicted molar refractivity (Wildman–Crippen MR) is 60.3 cm³/mol. The van der Waals surface area contributed by atoms with Gasteiger partial charge in [-0.2, -0.15) is 0 Å². The molecule has 16 heavy (non-hydrogen) atoms. The third-order valence-corrected chi connectivity index (χ3v) is 2.14. The van der Waals surface area contributed by atoms with E-state index in [1.165, 1.54) is 0 Å². The standard InChI is InChI=1S/C11H18N2O3/c14-7-4-13(5-8-15)6-9-16-11-2-1-3-12-10-11/h1-3,10,14-15H,4-9H2. The molecule has 0 aliphatic heterocycles. The van der Waals surface area contributed by atoms with Crippen molar-refractivity contribution in [3.05, 3.63) is 24.5 Å². The summed E-state index contributed by atoms with van der Waals surface area (Å²) in [6.07, 6.45) is 3.35. The maximum absolute atomic E-state index is 8.81. The normalized spacial score (nSPS) is 10.7. The van der Waals surface area contributed by atoms with Crippen LogP contribution in [0, 0.1) is 0 Å². The molecule has 0 radical (unpaired) electrons. The SMILES string of the molecule is OCCN(CCO)CCOc1cccnc1. The van der Waals surface area contributed by atoms with E-state index in [9.17, 15) is 0 Å². The average molecular weight is 226 g/mol. The zero-order valence-electron chi connectivity index (χ0n) is 9.25. The molecule has 5 nitrogen and oxygen atoms in total. The minimum absolute atomic E-state index is 0.0902. The van der Waals surface area contributed by atoms with Crippen molar-refractivity contribution in [2.45, 2.75) is 0 Å². The smallest absolute Gasteiger partial charge is 0.137 e. The Morgan fingerprint density at radius 2 is 1.94 bits per heavy atom. The van der Waals surface area contributed by atoms with Crippen LogP contribution in [0.2, 0.25) is 0 Å². The van der Waals surface area contributed by atoms with Gasteiger partial charge in [0.2, 0.25) is 0 Å². The Morgan fingerprint density at radius 3 is 2.50 bits per heavy atom. The summed E-state index contributed by atoms with van der Waals surface area (Å²) in [5, 5.41) is 17.6. The van der Waals surface area contributed by atoms with Crippen LogP contribution >= 0.6 is 0 Å². The molecule has 0 bridgehead atoms. The number of hydrogen-bond acceptors (Lipinski definition) is 5. The monoisotopic (exact) mass is 226 g/mol. The van der Waals surface area contributed by atoms with Gasteiger partial charge in [0.1, 0.15) is 12.4 Å². The van der Waals surface area contributed by atoms with Gasteiger partial charge in [0.05, 0.1) is 19.4 Å². The molecule has 1 aromatic heterocycles. The summed E-state index contributed by atoms with van der Waals surface area (Å²) in [6, 6.07) is 3.66. The maximum Gasteiger partial charge on any atom is 0.137 e. The van der Waals surface area contributed by atoms with E-state index in [0.717, 1.165) is 5.75 Å². The van der Waals surface area contributed by atoms with Gasteiger partial charge >= 0.3 is 0 Å². The molecule has 0 aromatic carbocycles. The summed E-state index contributed by atoms with van der Waals surface area (Å²) in [5.74, 6) is 0.732. The molecule has 1 rings (SSSR count). The van der Waals surface area contributed by atoms with Crippen LogP contribution in [0.15, 0.2) is 24.5 Å². The molecular formula is C11H18N2O3. The van der Waals surface area contributed by atoms with E-state index in [-0.39, 0.29) is 13.2 Å². The number of aliphatic hydroxyl groups excluding tert-OH is 2. The van der Waals surface area contributed by atoms with Crippen molar-refractivity contribution in [2.75, 3.05) is 39.5 Å². The van der Waals surface area contributed by atoms with E-state index < -0.39 is 0 Å². The number of hydrogen-bond donors (Lipinski definition) is 2. The van der Waals surface area contributed by atoms with Crippen molar-refractivity contribution in [1.82, 2.24) is 9.88 Å². The number of rotatable bonds is 8. The van der Waals surface area contributed by atoms with Gasteiger partial charge < -0.3 is 14.9 Å². The van der Waals surface area contributed by atoms with Gasteiger partial charge in [0.25, 0.3) is 0 Å². The van der Waals surface area contributed by atoms with Crippen LogP contribution in [-0.4, -0.2) is 59.6 Å². The van der Waals surface area contributed by atoms with Crippen LogP contribution in [0.25, 0.3) is 0 Å². The van der Waals surface area contributed by atoms with E-state index in [0.29, 0.717) is 26.2 Å². The lowest BCUT2D eigenvalue weighted by Crippen LogP contribution is -2.33. The Kier molecular flexibility index (Phi) is 6.48. The first-order chi connectivity index (χ1) is 7.86. The van der Waals surface area contributed by atoms with Crippen LogP contribution < -0.4 is 4.74 Å². The second kappa shape index (κ2) is 8.04. The van der Waals surface area contributed by atoms with E-state index in [1.54, 1.807) is 12.4 Å².